The Balaban J connectivity index is 2.15. The van der Waals surface area contributed by atoms with Gasteiger partial charge in [-0.3, -0.25) is 13.4 Å². The van der Waals surface area contributed by atoms with Gasteiger partial charge in [-0.2, -0.15) is 0 Å². The van der Waals surface area contributed by atoms with E-state index in [1.165, 1.54) is 11.3 Å². The molecule has 2 aromatic rings. The molecule has 0 radical (unpaired) electrons. The van der Waals surface area contributed by atoms with E-state index in [0.29, 0.717) is 5.69 Å². The minimum atomic E-state index is -1.45. The lowest BCUT2D eigenvalue weighted by atomic mass is 10.1. The molecule has 0 aliphatic rings. The molecule has 0 fully saturated rings. The van der Waals surface area contributed by atoms with Crippen LogP contribution in [0.25, 0.3) is 4.96 Å². The molecule has 2 unspecified atom stereocenters. The molecule has 2 rings (SSSR count). The van der Waals surface area contributed by atoms with Gasteiger partial charge in [-0.05, 0) is 5.92 Å². The molecule has 5 nitrogen and oxygen atoms in total. The fraction of sp³-hybridized carbons (Fsp3) is 0.455. The second-order valence-corrected chi connectivity index (χ2v) is 6.78. The molecular formula is C11H14N2O3S2. The predicted octanol–water partition coefficient (Wildman–Crippen LogP) is 1.75. The summed E-state index contributed by atoms with van der Waals surface area (Å²) in [6.45, 7) is 3.53. The molecule has 2 atom stereocenters. The van der Waals surface area contributed by atoms with E-state index in [2.05, 4.69) is 4.98 Å². The number of carbonyl (C=O) groups is 1. The molecule has 7 heteroatoms. The minimum Gasteiger partial charge on any atom is -0.480 e. The highest BCUT2D eigenvalue weighted by atomic mass is 32.2. The Labute approximate surface area is 111 Å². The molecular weight excluding hydrogens is 272 g/mol. The molecule has 98 valence electrons. The van der Waals surface area contributed by atoms with Gasteiger partial charge in [0, 0.05) is 28.6 Å². The maximum Gasteiger partial charge on any atom is 0.319 e. The summed E-state index contributed by atoms with van der Waals surface area (Å²) in [6, 6.07) is 0. The standard InChI is InChI=1S/C11H14N2O3S2/c1-7(2)9(10(14)15)18(16)6-8-5-13-3-4-17-11(13)12-8/h3-5,7,9H,6H2,1-2H3,(H,14,15). The predicted molar refractivity (Wildman–Crippen MR) is 71.2 cm³/mol. The van der Waals surface area contributed by atoms with Gasteiger partial charge in [0.05, 0.1) is 11.4 Å². The first-order valence-electron chi connectivity index (χ1n) is 5.50. The van der Waals surface area contributed by atoms with Crippen molar-refractivity contribution < 1.29 is 14.1 Å². The summed E-state index contributed by atoms with van der Waals surface area (Å²) in [4.78, 5) is 16.2. The van der Waals surface area contributed by atoms with E-state index in [0.717, 1.165) is 4.96 Å². The van der Waals surface area contributed by atoms with Gasteiger partial charge in [-0.15, -0.1) is 11.3 Å². The zero-order chi connectivity index (χ0) is 13.3. The summed E-state index contributed by atoms with van der Waals surface area (Å²) in [5.74, 6) is -0.986. The summed E-state index contributed by atoms with van der Waals surface area (Å²) >= 11 is 1.49. The van der Waals surface area contributed by atoms with E-state index in [-0.39, 0.29) is 11.7 Å². The first-order chi connectivity index (χ1) is 8.49. The Bertz CT molecular complexity index is 559. The van der Waals surface area contributed by atoms with Crippen molar-refractivity contribution in [3.05, 3.63) is 23.5 Å². The summed E-state index contributed by atoms with van der Waals surface area (Å²) in [5.41, 5.74) is 0.673. The summed E-state index contributed by atoms with van der Waals surface area (Å²) in [5, 5.41) is 10.1. The molecule has 0 amide bonds. The zero-order valence-electron chi connectivity index (χ0n) is 10.1. The molecule has 0 spiro atoms. The number of hydrogen-bond donors (Lipinski definition) is 1. The highest BCUT2D eigenvalue weighted by molar-refractivity contribution is 7.85. The molecule has 2 aromatic heterocycles. The van der Waals surface area contributed by atoms with Gasteiger partial charge < -0.3 is 5.11 Å². The lowest BCUT2D eigenvalue weighted by Gasteiger charge is -2.14. The van der Waals surface area contributed by atoms with Crippen LogP contribution < -0.4 is 0 Å². The van der Waals surface area contributed by atoms with E-state index in [9.17, 15) is 9.00 Å². The number of fused-ring (bicyclic) bond motifs is 1. The molecule has 0 saturated carbocycles. The number of carboxylic acid groups (broad SMARTS) is 1. The molecule has 0 bridgehead atoms. The Morgan fingerprint density at radius 3 is 2.89 bits per heavy atom. The van der Waals surface area contributed by atoms with E-state index >= 15 is 0 Å². The first-order valence-corrected chi connectivity index (χ1v) is 7.76. The van der Waals surface area contributed by atoms with Crippen molar-refractivity contribution in [1.29, 1.82) is 0 Å². The summed E-state index contributed by atoms with van der Waals surface area (Å²) in [7, 11) is -1.45. The van der Waals surface area contributed by atoms with Crippen LogP contribution in [0.2, 0.25) is 0 Å². The number of aliphatic carboxylic acids is 1. The number of carboxylic acids is 1. The Morgan fingerprint density at radius 1 is 1.61 bits per heavy atom. The van der Waals surface area contributed by atoms with Crippen LogP contribution in [0.3, 0.4) is 0 Å². The maximum absolute atomic E-state index is 12.1. The van der Waals surface area contributed by atoms with Crippen molar-refractivity contribution in [3.8, 4) is 0 Å². The van der Waals surface area contributed by atoms with Crippen LogP contribution in [0.5, 0.6) is 0 Å². The van der Waals surface area contributed by atoms with Crippen molar-refractivity contribution in [2.75, 3.05) is 0 Å². The topological polar surface area (TPSA) is 71.7 Å². The maximum atomic E-state index is 12.1. The molecule has 0 aliphatic heterocycles. The van der Waals surface area contributed by atoms with E-state index in [1.54, 1.807) is 20.0 Å². The fourth-order valence-corrected chi connectivity index (χ4v) is 3.94. The van der Waals surface area contributed by atoms with Crippen LogP contribution in [-0.2, 0) is 21.3 Å². The highest BCUT2D eigenvalue weighted by Crippen LogP contribution is 2.16. The molecule has 0 aromatic carbocycles. The first kappa shape index (κ1) is 13.2. The van der Waals surface area contributed by atoms with Crippen LogP contribution in [0.15, 0.2) is 17.8 Å². The molecule has 0 saturated heterocycles. The Morgan fingerprint density at radius 2 is 2.33 bits per heavy atom. The highest BCUT2D eigenvalue weighted by Gasteiger charge is 2.28. The number of nitrogens with zero attached hydrogens (tertiary/aromatic N) is 2. The number of imidazole rings is 1. The van der Waals surface area contributed by atoms with Gasteiger partial charge >= 0.3 is 5.97 Å². The Kier molecular flexibility index (Phi) is 3.82. The van der Waals surface area contributed by atoms with Crippen LogP contribution in [0.4, 0.5) is 0 Å². The van der Waals surface area contributed by atoms with Crippen LogP contribution in [-0.4, -0.2) is 29.9 Å². The third kappa shape index (κ3) is 2.62. The lowest BCUT2D eigenvalue weighted by molar-refractivity contribution is -0.137. The van der Waals surface area contributed by atoms with Gasteiger partial charge in [0.15, 0.2) is 4.96 Å². The van der Waals surface area contributed by atoms with Gasteiger partial charge in [0.2, 0.25) is 0 Å². The second-order valence-electron chi connectivity index (χ2n) is 4.35. The van der Waals surface area contributed by atoms with Crippen molar-refractivity contribution in [3.63, 3.8) is 0 Å². The summed E-state index contributed by atoms with van der Waals surface area (Å²) in [6.07, 6.45) is 3.67. The smallest absolute Gasteiger partial charge is 0.319 e. The summed E-state index contributed by atoms with van der Waals surface area (Å²) < 4.78 is 13.9. The van der Waals surface area contributed by atoms with E-state index in [4.69, 9.17) is 5.11 Å². The number of aromatic nitrogens is 2. The van der Waals surface area contributed by atoms with Crippen LogP contribution in [0.1, 0.15) is 19.5 Å². The number of rotatable bonds is 5. The number of hydrogen-bond acceptors (Lipinski definition) is 4. The third-order valence-corrected chi connectivity index (χ3v) is 5.23. The molecule has 18 heavy (non-hydrogen) atoms. The van der Waals surface area contributed by atoms with E-state index < -0.39 is 22.0 Å². The van der Waals surface area contributed by atoms with Crippen LogP contribution >= 0.6 is 11.3 Å². The number of thiazole rings is 1. The monoisotopic (exact) mass is 286 g/mol. The van der Waals surface area contributed by atoms with Crippen LogP contribution in [0, 0.1) is 5.92 Å². The van der Waals surface area contributed by atoms with Crippen molar-refractivity contribution in [2.45, 2.75) is 24.9 Å². The average Bonchev–Trinajstić information content (AvgIpc) is 2.75. The molecule has 0 aliphatic carbocycles. The van der Waals surface area contributed by atoms with Gasteiger partial charge in [0.1, 0.15) is 5.25 Å². The van der Waals surface area contributed by atoms with E-state index in [1.807, 2.05) is 16.0 Å². The largest absolute Gasteiger partial charge is 0.480 e. The SMILES string of the molecule is CC(C)C(C(=O)O)S(=O)Cc1cn2ccsc2n1. The van der Waals surface area contributed by atoms with Crippen molar-refractivity contribution in [2.24, 2.45) is 5.92 Å². The van der Waals surface area contributed by atoms with Gasteiger partial charge in [0.25, 0.3) is 0 Å². The second kappa shape index (κ2) is 5.19. The minimum absolute atomic E-state index is 0.160. The van der Waals surface area contributed by atoms with Crippen molar-refractivity contribution in [1.82, 2.24) is 9.38 Å². The van der Waals surface area contributed by atoms with Gasteiger partial charge in [-0.1, -0.05) is 13.8 Å². The van der Waals surface area contributed by atoms with Gasteiger partial charge in [-0.25, -0.2) is 4.98 Å². The quantitative estimate of drug-likeness (QED) is 0.909. The Hall–Kier alpha value is -1.21. The lowest BCUT2D eigenvalue weighted by Crippen LogP contribution is -2.31. The molecule has 1 N–H and O–H groups in total. The fourth-order valence-electron chi connectivity index (χ4n) is 1.78. The third-order valence-electron chi connectivity index (χ3n) is 2.57. The zero-order valence-corrected chi connectivity index (χ0v) is 11.7. The molecule has 2 heterocycles. The normalized spacial score (nSPS) is 15.1. The average molecular weight is 286 g/mol. The van der Waals surface area contributed by atoms with Crippen molar-refractivity contribution >= 4 is 33.1 Å².